The molecule has 26 heavy (non-hydrogen) atoms. The highest BCUT2D eigenvalue weighted by Crippen LogP contribution is 2.34. The molecule has 1 heterocycles. The fourth-order valence-corrected chi connectivity index (χ4v) is 3.96. The molecule has 6 nitrogen and oxygen atoms in total. The van der Waals surface area contributed by atoms with Crippen LogP contribution in [0.1, 0.15) is 32.5 Å². The molecule has 0 bridgehead atoms. The van der Waals surface area contributed by atoms with Crippen molar-refractivity contribution in [1.29, 1.82) is 0 Å². The van der Waals surface area contributed by atoms with Gasteiger partial charge < -0.3 is 15.8 Å². The van der Waals surface area contributed by atoms with Crippen LogP contribution in [-0.4, -0.2) is 30.1 Å². The van der Waals surface area contributed by atoms with Gasteiger partial charge in [-0.05, 0) is 31.5 Å². The third kappa shape index (κ3) is 4.61. The molecule has 2 amide bonds. The van der Waals surface area contributed by atoms with Crippen LogP contribution in [0.4, 0.5) is 9.39 Å². The van der Waals surface area contributed by atoms with Crippen molar-refractivity contribution in [3.63, 3.8) is 0 Å². The average molecular weight is 396 g/mol. The van der Waals surface area contributed by atoms with Gasteiger partial charge in [0.1, 0.15) is 10.8 Å². The summed E-state index contributed by atoms with van der Waals surface area (Å²) < 4.78 is 18.6. The second-order valence-electron chi connectivity index (χ2n) is 5.11. The van der Waals surface area contributed by atoms with Crippen LogP contribution in [0, 0.1) is 12.7 Å². The molecule has 0 atom stereocenters. The van der Waals surface area contributed by atoms with Crippen molar-refractivity contribution in [3.8, 4) is 0 Å². The van der Waals surface area contributed by atoms with E-state index in [1.54, 1.807) is 32.0 Å². The largest absolute Gasteiger partial charge is 0.462 e. The highest BCUT2D eigenvalue weighted by molar-refractivity contribution is 8.00. The lowest BCUT2D eigenvalue weighted by Gasteiger charge is -2.07. The second-order valence-corrected chi connectivity index (χ2v) is 7.15. The number of rotatable bonds is 7. The molecule has 138 valence electrons. The van der Waals surface area contributed by atoms with Gasteiger partial charge in [-0.3, -0.25) is 9.59 Å². The van der Waals surface area contributed by atoms with E-state index in [9.17, 15) is 18.8 Å². The van der Waals surface area contributed by atoms with E-state index in [0.717, 1.165) is 23.1 Å². The maximum atomic E-state index is 13.6. The second kappa shape index (κ2) is 8.81. The monoisotopic (exact) mass is 396 g/mol. The standard InChI is InChI=1S/C17H17FN2O4S2/c1-3-24-17(23)13-9(2)14(15(19)22)26-16(13)20-12(21)8-25-11-7-5-4-6-10(11)18/h4-7H,3,8H2,1-2H3,(H2,19,22)(H,20,21). The van der Waals surface area contributed by atoms with Crippen LogP contribution >= 0.6 is 23.1 Å². The number of halogens is 1. The predicted octanol–water partition coefficient (Wildman–Crippen LogP) is 3.20. The van der Waals surface area contributed by atoms with Crippen molar-refractivity contribution in [2.75, 3.05) is 17.7 Å². The Morgan fingerprint density at radius 2 is 2.00 bits per heavy atom. The number of thiophene rings is 1. The number of nitrogens with two attached hydrogens (primary N) is 1. The van der Waals surface area contributed by atoms with E-state index in [2.05, 4.69) is 5.32 Å². The quantitative estimate of drug-likeness (QED) is 0.553. The number of nitrogens with one attached hydrogen (secondary N) is 1. The zero-order chi connectivity index (χ0) is 19.3. The highest BCUT2D eigenvalue weighted by atomic mass is 32.2. The summed E-state index contributed by atoms with van der Waals surface area (Å²) in [5.74, 6) is -2.27. The molecular formula is C17H17FN2O4S2. The zero-order valence-electron chi connectivity index (χ0n) is 14.1. The number of anilines is 1. The summed E-state index contributed by atoms with van der Waals surface area (Å²) in [5, 5.41) is 2.77. The van der Waals surface area contributed by atoms with Crippen LogP contribution in [0.2, 0.25) is 0 Å². The minimum absolute atomic E-state index is 0.0634. The Balaban J connectivity index is 2.18. The minimum Gasteiger partial charge on any atom is -0.462 e. The Labute approximate surface area is 157 Å². The van der Waals surface area contributed by atoms with Gasteiger partial charge in [-0.15, -0.1) is 23.1 Å². The van der Waals surface area contributed by atoms with E-state index in [1.807, 2.05) is 0 Å². The summed E-state index contributed by atoms with van der Waals surface area (Å²) in [6, 6.07) is 6.10. The molecule has 0 spiro atoms. The van der Waals surface area contributed by atoms with Crippen molar-refractivity contribution in [2.45, 2.75) is 18.7 Å². The average Bonchev–Trinajstić information content (AvgIpc) is 2.90. The fourth-order valence-electron chi connectivity index (χ4n) is 2.15. The molecule has 2 aromatic rings. The number of hydrogen-bond acceptors (Lipinski definition) is 6. The topological polar surface area (TPSA) is 98.5 Å². The van der Waals surface area contributed by atoms with Crippen LogP contribution in [0.3, 0.4) is 0 Å². The van der Waals surface area contributed by atoms with Crippen LogP contribution in [0.25, 0.3) is 0 Å². The summed E-state index contributed by atoms with van der Waals surface area (Å²) in [6.07, 6.45) is 0. The van der Waals surface area contributed by atoms with Gasteiger partial charge in [0.05, 0.1) is 22.8 Å². The van der Waals surface area contributed by atoms with Gasteiger partial charge in [-0.1, -0.05) is 12.1 Å². The molecule has 0 aliphatic carbocycles. The number of amides is 2. The van der Waals surface area contributed by atoms with E-state index in [1.165, 1.54) is 6.07 Å². The van der Waals surface area contributed by atoms with Gasteiger partial charge in [0.2, 0.25) is 5.91 Å². The summed E-state index contributed by atoms with van der Waals surface area (Å²) >= 11 is 1.94. The Bertz CT molecular complexity index is 851. The lowest BCUT2D eigenvalue weighted by Crippen LogP contribution is -2.16. The number of ether oxygens (including phenoxy) is 1. The zero-order valence-corrected chi connectivity index (χ0v) is 15.8. The van der Waals surface area contributed by atoms with Crippen molar-refractivity contribution < 1.29 is 23.5 Å². The molecule has 0 fully saturated rings. The Morgan fingerprint density at radius 3 is 2.62 bits per heavy atom. The van der Waals surface area contributed by atoms with Gasteiger partial charge >= 0.3 is 5.97 Å². The molecule has 0 radical (unpaired) electrons. The summed E-state index contributed by atoms with van der Waals surface area (Å²) in [5.41, 5.74) is 5.78. The smallest absolute Gasteiger partial charge is 0.341 e. The fraction of sp³-hybridized carbons (Fsp3) is 0.235. The van der Waals surface area contributed by atoms with Crippen LogP contribution in [0.15, 0.2) is 29.2 Å². The van der Waals surface area contributed by atoms with E-state index >= 15 is 0 Å². The van der Waals surface area contributed by atoms with E-state index < -0.39 is 23.6 Å². The van der Waals surface area contributed by atoms with Crippen molar-refractivity contribution in [3.05, 3.63) is 46.1 Å². The molecule has 3 N–H and O–H groups in total. The molecule has 2 rings (SSSR count). The molecule has 0 aliphatic heterocycles. The number of carbonyl (C=O) groups is 3. The van der Waals surface area contributed by atoms with Gasteiger partial charge in [-0.2, -0.15) is 0 Å². The predicted molar refractivity (Wildman–Crippen MR) is 99.3 cm³/mol. The Morgan fingerprint density at radius 1 is 1.31 bits per heavy atom. The van der Waals surface area contributed by atoms with E-state index in [0.29, 0.717) is 10.5 Å². The minimum atomic E-state index is -0.695. The molecule has 0 aliphatic rings. The first-order valence-electron chi connectivity index (χ1n) is 7.62. The van der Waals surface area contributed by atoms with Gasteiger partial charge in [0.15, 0.2) is 0 Å². The Hall–Kier alpha value is -2.39. The highest BCUT2D eigenvalue weighted by Gasteiger charge is 2.25. The summed E-state index contributed by atoms with van der Waals surface area (Å²) in [4.78, 5) is 36.4. The third-order valence-corrected chi connectivity index (χ3v) is 5.57. The normalized spacial score (nSPS) is 10.4. The number of primary amides is 1. The number of hydrogen-bond donors (Lipinski definition) is 2. The first-order valence-corrected chi connectivity index (χ1v) is 9.42. The van der Waals surface area contributed by atoms with Crippen LogP contribution < -0.4 is 11.1 Å². The van der Waals surface area contributed by atoms with E-state index in [-0.39, 0.29) is 27.8 Å². The molecule has 0 saturated heterocycles. The maximum absolute atomic E-state index is 13.6. The number of carbonyl (C=O) groups excluding carboxylic acids is 3. The van der Waals surface area contributed by atoms with Crippen LogP contribution in [0.5, 0.6) is 0 Å². The van der Waals surface area contributed by atoms with Crippen molar-refractivity contribution >= 4 is 45.9 Å². The van der Waals surface area contributed by atoms with Gasteiger partial charge in [0, 0.05) is 4.90 Å². The molecular weight excluding hydrogens is 379 g/mol. The summed E-state index contributed by atoms with van der Waals surface area (Å²) in [7, 11) is 0. The first-order chi connectivity index (χ1) is 12.3. The summed E-state index contributed by atoms with van der Waals surface area (Å²) in [6.45, 7) is 3.36. The molecule has 0 unspecified atom stereocenters. The van der Waals surface area contributed by atoms with E-state index in [4.69, 9.17) is 10.5 Å². The van der Waals surface area contributed by atoms with Crippen molar-refractivity contribution in [1.82, 2.24) is 0 Å². The molecule has 0 saturated carbocycles. The van der Waals surface area contributed by atoms with Gasteiger partial charge in [-0.25, -0.2) is 9.18 Å². The van der Waals surface area contributed by atoms with Crippen LogP contribution in [-0.2, 0) is 9.53 Å². The lowest BCUT2D eigenvalue weighted by molar-refractivity contribution is -0.113. The SMILES string of the molecule is CCOC(=O)c1c(NC(=O)CSc2ccccc2F)sc(C(N)=O)c1C. The molecule has 1 aromatic heterocycles. The first kappa shape index (κ1) is 19.9. The Kier molecular flexibility index (Phi) is 6.76. The maximum Gasteiger partial charge on any atom is 0.341 e. The number of thioether (sulfide) groups is 1. The van der Waals surface area contributed by atoms with Crippen molar-refractivity contribution in [2.24, 2.45) is 5.73 Å². The number of benzene rings is 1. The lowest BCUT2D eigenvalue weighted by atomic mass is 10.1. The van der Waals surface area contributed by atoms with Gasteiger partial charge in [0.25, 0.3) is 5.91 Å². The third-order valence-electron chi connectivity index (χ3n) is 3.30. The molecule has 1 aromatic carbocycles. The number of esters is 1. The molecule has 9 heteroatoms.